The van der Waals surface area contributed by atoms with E-state index in [1.165, 1.54) is 36.1 Å². The Balaban J connectivity index is 1.88. The molecule has 114 valence electrons. The summed E-state index contributed by atoms with van der Waals surface area (Å²) in [7, 11) is 0. The molecule has 0 N–H and O–H groups in total. The monoisotopic (exact) mass is 322 g/mol. The first-order valence-corrected chi connectivity index (χ1v) is 9.10. The highest BCUT2D eigenvalue weighted by molar-refractivity contribution is 7.18. The molecule has 1 saturated carbocycles. The number of fused-ring (bicyclic) bond motifs is 1. The normalized spacial score (nSPS) is 23.1. The number of rotatable bonds is 2. The number of thiophene rings is 1. The standard InChI is InChI=1S/C17H23ClN2S/c1-9(2)12-5-7-13(8-6-12)16-19-15(18)14-10(3)11(4)21-17(14)20-16/h9,12-13H,5-8H2,1-4H3. The summed E-state index contributed by atoms with van der Waals surface area (Å²) in [6.07, 6.45) is 5.00. The minimum absolute atomic E-state index is 0.490. The Bertz CT molecular complexity index is 654. The molecule has 0 spiro atoms. The maximum atomic E-state index is 6.43. The van der Waals surface area contributed by atoms with Crippen LogP contribution in [0.15, 0.2) is 0 Å². The maximum Gasteiger partial charge on any atom is 0.141 e. The van der Waals surface area contributed by atoms with Crippen LogP contribution < -0.4 is 0 Å². The molecule has 0 atom stereocenters. The fraction of sp³-hybridized carbons (Fsp3) is 0.647. The van der Waals surface area contributed by atoms with E-state index in [0.29, 0.717) is 11.1 Å². The second-order valence-corrected chi connectivity index (χ2v) is 8.25. The van der Waals surface area contributed by atoms with Crippen LogP contribution in [0.1, 0.15) is 61.7 Å². The van der Waals surface area contributed by atoms with E-state index in [2.05, 4.69) is 32.7 Å². The van der Waals surface area contributed by atoms with Crippen LogP contribution in [0.5, 0.6) is 0 Å². The number of nitrogens with zero attached hydrogens (tertiary/aromatic N) is 2. The van der Waals surface area contributed by atoms with E-state index in [0.717, 1.165) is 27.9 Å². The van der Waals surface area contributed by atoms with Crippen molar-refractivity contribution < 1.29 is 0 Å². The van der Waals surface area contributed by atoms with Gasteiger partial charge in [-0.15, -0.1) is 11.3 Å². The predicted octanol–water partition coefficient (Wildman–Crippen LogP) is 5.89. The number of aromatic nitrogens is 2. The fourth-order valence-corrected chi connectivity index (χ4v) is 4.85. The largest absolute Gasteiger partial charge is 0.222 e. The first-order valence-electron chi connectivity index (χ1n) is 7.90. The summed E-state index contributed by atoms with van der Waals surface area (Å²) in [5, 5.41) is 1.70. The van der Waals surface area contributed by atoms with Gasteiger partial charge in [0.25, 0.3) is 0 Å². The molecular weight excluding hydrogens is 300 g/mol. The second kappa shape index (κ2) is 5.85. The molecule has 1 aliphatic rings. The highest BCUT2D eigenvalue weighted by Crippen LogP contribution is 2.40. The van der Waals surface area contributed by atoms with Gasteiger partial charge in [0.05, 0.1) is 5.39 Å². The quantitative estimate of drug-likeness (QED) is 0.644. The summed E-state index contributed by atoms with van der Waals surface area (Å²) < 4.78 is 0. The maximum absolute atomic E-state index is 6.43. The molecule has 1 fully saturated rings. The molecular formula is C17H23ClN2S. The van der Waals surface area contributed by atoms with Gasteiger partial charge >= 0.3 is 0 Å². The van der Waals surface area contributed by atoms with Crippen molar-refractivity contribution in [3.8, 4) is 0 Å². The van der Waals surface area contributed by atoms with E-state index >= 15 is 0 Å². The number of hydrogen-bond donors (Lipinski definition) is 0. The molecule has 4 heteroatoms. The Labute approximate surface area is 136 Å². The zero-order valence-corrected chi connectivity index (χ0v) is 14.8. The van der Waals surface area contributed by atoms with E-state index in [9.17, 15) is 0 Å². The molecule has 0 saturated heterocycles. The van der Waals surface area contributed by atoms with Crippen LogP contribution in [0.2, 0.25) is 5.15 Å². The molecule has 0 radical (unpaired) electrons. The third-order valence-electron chi connectivity index (χ3n) is 5.08. The molecule has 2 heterocycles. The zero-order valence-electron chi connectivity index (χ0n) is 13.2. The first kappa shape index (κ1) is 15.2. The Morgan fingerprint density at radius 3 is 2.38 bits per heavy atom. The van der Waals surface area contributed by atoms with Crippen molar-refractivity contribution in [1.29, 1.82) is 0 Å². The average molecular weight is 323 g/mol. The van der Waals surface area contributed by atoms with E-state index in [1.807, 2.05) is 0 Å². The number of aryl methyl sites for hydroxylation is 2. The molecule has 0 aliphatic heterocycles. The summed E-state index contributed by atoms with van der Waals surface area (Å²) in [5.41, 5.74) is 1.23. The van der Waals surface area contributed by atoms with Crippen LogP contribution in [0, 0.1) is 25.7 Å². The van der Waals surface area contributed by atoms with Crippen molar-refractivity contribution in [2.75, 3.05) is 0 Å². The highest BCUT2D eigenvalue weighted by atomic mass is 35.5. The smallest absolute Gasteiger partial charge is 0.141 e. The van der Waals surface area contributed by atoms with Crippen molar-refractivity contribution in [3.05, 3.63) is 21.4 Å². The third kappa shape index (κ3) is 2.83. The molecule has 0 bridgehead atoms. The molecule has 0 unspecified atom stereocenters. The SMILES string of the molecule is Cc1sc2nc(C3CCC(C(C)C)CC3)nc(Cl)c2c1C. The van der Waals surface area contributed by atoms with Crippen LogP contribution in [0.3, 0.4) is 0 Å². The number of halogens is 1. The van der Waals surface area contributed by atoms with Gasteiger partial charge in [-0.1, -0.05) is 25.4 Å². The Morgan fingerprint density at radius 2 is 1.76 bits per heavy atom. The Hall–Kier alpha value is -0.670. The van der Waals surface area contributed by atoms with Gasteiger partial charge in [-0.2, -0.15) is 0 Å². The summed E-state index contributed by atoms with van der Waals surface area (Å²) in [5.74, 6) is 3.12. The Morgan fingerprint density at radius 1 is 1.10 bits per heavy atom. The van der Waals surface area contributed by atoms with Gasteiger partial charge in [0.2, 0.25) is 0 Å². The van der Waals surface area contributed by atoms with Crippen molar-refractivity contribution in [2.45, 2.75) is 59.3 Å². The van der Waals surface area contributed by atoms with Gasteiger partial charge < -0.3 is 0 Å². The van der Waals surface area contributed by atoms with Crippen LogP contribution in [0.25, 0.3) is 10.2 Å². The molecule has 21 heavy (non-hydrogen) atoms. The molecule has 1 aliphatic carbocycles. The summed E-state index contributed by atoms with van der Waals surface area (Å²) >= 11 is 8.18. The van der Waals surface area contributed by atoms with Gasteiger partial charge in [-0.3, -0.25) is 0 Å². The van der Waals surface area contributed by atoms with Crippen molar-refractivity contribution in [3.63, 3.8) is 0 Å². The Kier molecular flexibility index (Phi) is 4.24. The van der Waals surface area contributed by atoms with Crippen LogP contribution in [0.4, 0.5) is 0 Å². The summed E-state index contributed by atoms with van der Waals surface area (Å²) in [6, 6.07) is 0. The highest BCUT2D eigenvalue weighted by Gasteiger charge is 2.27. The van der Waals surface area contributed by atoms with Gasteiger partial charge in [0.1, 0.15) is 15.8 Å². The molecule has 3 rings (SSSR count). The molecule has 0 aromatic carbocycles. The summed E-state index contributed by atoms with van der Waals surface area (Å²) in [6.45, 7) is 8.91. The van der Waals surface area contributed by atoms with Crippen LogP contribution in [-0.2, 0) is 0 Å². The third-order valence-corrected chi connectivity index (χ3v) is 6.46. The predicted molar refractivity (Wildman–Crippen MR) is 91.4 cm³/mol. The average Bonchev–Trinajstić information content (AvgIpc) is 2.74. The summed E-state index contributed by atoms with van der Waals surface area (Å²) in [4.78, 5) is 11.8. The second-order valence-electron chi connectivity index (χ2n) is 6.69. The molecule has 2 aromatic rings. The van der Waals surface area contributed by atoms with Crippen LogP contribution in [-0.4, -0.2) is 9.97 Å². The van der Waals surface area contributed by atoms with Crippen molar-refractivity contribution in [2.24, 2.45) is 11.8 Å². The van der Waals surface area contributed by atoms with Gasteiger partial charge in [0.15, 0.2) is 0 Å². The van der Waals surface area contributed by atoms with Crippen molar-refractivity contribution >= 4 is 33.2 Å². The van der Waals surface area contributed by atoms with E-state index in [4.69, 9.17) is 16.6 Å². The van der Waals surface area contributed by atoms with E-state index < -0.39 is 0 Å². The molecule has 2 aromatic heterocycles. The lowest BCUT2D eigenvalue weighted by molar-refractivity contribution is 0.255. The minimum atomic E-state index is 0.490. The van der Waals surface area contributed by atoms with Gasteiger partial charge in [-0.25, -0.2) is 9.97 Å². The van der Waals surface area contributed by atoms with Gasteiger partial charge in [-0.05, 0) is 56.9 Å². The van der Waals surface area contributed by atoms with Crippen molar-refractivity contribution in [1.82, 2.24) is 9.97 Å². The van der Waals surface area contributed by atoms with Gasteiger partial charge in [0, 0.05) is 10.8 Å². The minimum Gasteiger partial charge on any atom is -0.222 e. The molecule has 0 amide bonds. The number of hydrogen-bond acceptors (Lipinski definition) is 3. The topological polar surface area (TPSA) is 25.8 Å². The lowest BCUT2D eigenvalue weighted by atomic mass is 9.77. The van der Waals surface area contributed by atoms with Crippen LogP contribution >= 0.6 is 22.9 Å². The lowest BCUT2D eigenvalue weighted by Gasteiger charge is -2.30. The first-order chi connectivity index (χ1) is 9.97. The zero-order chi connectivity index (χ0) is 15.1. The van der Waals surface area contributed by atoms with E-state index in [1.54, 1.807) is 11.3 Å². The molecule has 2 nitrogen and oxygen atoms in total. The van der Waals surface area contributed by atoms with E-state index in [-0.39, 0.29) is 0 Å². The lowest BCUT2D eigenvalue weighted by Crippen LogP contribution is -2.19. The fourth-order valence-electron chi connectivity index (χ4n) is 3.44.